The van der Waals surface area contributed by atoms with Gasteiger partial charge in [0, 0.05) is 37.4 Å². The van der Waals surface area contributed by atoms with Crippen molar-refractivity contribution in [3.05, 3.63) is 58.7 Å². The molecule has 0 atom stereocenters. The first kappa shape index (κ1) is 17.9. The van der Waals surface area contributed by atoms with E-state index in [1.165, 1.54) is 0 Å². The summed E-state index contributed by atoms with van der Waals surface area (Å²) in [6.45, 7) is 5.96. The Morgan fingerprint density at radius 2 is 1.93 bits per heavy atom. The smallest absolute Gasteiger partial charge is 0.347 e. The van der Waals surface area contributed by atoms with Gasteiger partial charge >= 0.3 is 5.63 Å². The first-order valence-electron chi connectivity index (χ1n) is 9.91. The molecular weight excluding hydrogens is 366 g/mol. The second-order valence-electron chi connectivity index (χ2n) is 7.75. The van der Waals surface area contributed by atoms with Crippen molar-refractivity contribution in [2.75, 3.05) is 38.1 Å². The number of aryl methyl sites for hydroxylation is 1. The average molecular weight is 389 g/mol. The molecule has 4 aromatic heterocycles. The molecule has 7 nitrogen and oxygen atoms in total. The second-order valence-corrected chi connectivity index (χ2v) is 7.75. The molecule has 0 aromatic carbocycles. The zero-order valence-corrected chi connectivity index (χ0v) is 16.6. The van der Waals surface area contributed by atoms with Crippen LogP contribution in [-0.2, 0) is 0 Å². The van der Waals surface area contributed by atoms with Gasteiger partial charge in [-0.15, -0.1) is 0 Å². The molecule has 29 heavy (non-hydrogen) atoms. The minimum absolute atomic E-state index is 0.369. The summed E-state index contributed by atoms with van der Waals surface area (Å²) in [6, 6.07) is 9.79. The fourth-order valence-electron chi connectivity index (χ4n) is 3.83. The van der Waals surface area contributed by atoms with Gasteiger partial charge in [0.05, 0.1) is 11.3 Å². The highest BCUT2D eigenvalue weighted by molar-refractivity contribution is 5.80. The maximum absolute atomic E-state index is 12.7. The summed E-state index contributed by atoms with van der Waals surface area (Å²) >= 11 is 0. The maximum atomic E-state index is 12.7. The van der Waals surface area contributed by atoms with Crippen molar-refractivity contribution in [1.82, 2.24) is 19.3 Å². The van der Waals surface area contributed by atoms with Gasteiger partial charge in [0.2, 0.25) is 5.71 Å². The number of pyridine rings is 2. The number of fused-ring (bicyclic) bond motifs is 2. The fraction of sp³-hybridized carbons (Fsp3) is 0.318. The zero-order chi connectivity index (χ0) is 20.0. The van der Waals surface area contributed by atoms with Crippen LogP contribution in [0.5, 0.6) is 0 Å². The highest BCUT2D eigenvalue weighted by Crippen LogP contribution is 2.23. The third-order valence-electron chi connectivity index (χ3n) is 5.52. The predicted octanol–water partition coefficient (Wildman–Crippen LogP) is 2.95. The van der Waals surface area contributed by atoms with Gasteiger partial charge in [-0.2, -0.15) is 4.98 Å². The van der Waals surface area contributed by atoms with Crippen molar-refractivity contribution in [2.45, 2.75) is 13.3 Å². The van der Waals surface area contributed by atoms with Crippen LogP contribution in [0.1, 0.15) is 12.0 Å². The Morgan fingerprint density at radius 3 is 2.83 bits per heavy atom. The van der Waals surface area contributed by atoms with Gasteiger partial charge < -0.3 is 18.6 Å². The van der Waals surface area contributed by atoms with Crippen LogP contribution in [-0.4, -0.2) is 52.5 Å². The van der Waals surface area contributed by atoms with E-state index in [4.69, 9.17) is 4.42 Å². The number of likely N-dealkylation sites (N-methyl/N-ethyl adjacent to an activating group) is 1. The van der Waals surface area contributed by atoms with E-state index < -0.39 is 5.63 Å². The number of imidazole rings is 1. The van der Waals surface area contributed by atoms with Gasteiger partial charge in [-0.05, 0) is 62.8 Å². The normalized spacial score (nSPS) is 15.9. The summed E-state index contributed by atoms with van der Waals surface area (Å²) < 4.78 is 7.50. The van der Waals surface area contributed by atoms with Crippen LogP contribution < -0.4 is 10.5 Å². The summed E-state index contributed by atoms with van der Waals surface area (Å²) in [7, 11) is 2.14. The molecule has 5 rings (SSSR count). The van der Waals surface area contributed by atoms with Crippen molar-refractivity contribution in [1.29, 1.82) is 0 Å². The summed E-state index contributed by atoms with van der Waals surface area (Å²) in [5.41, 5.74) is 2.93. The standard InChI is InChI=1S/C22H23N5O2/c1-15-6-9-27-14-18(23-20(27)12-15)17-13-16-4-5-19(24-21(16)29-22(17)28)26-8-3-7-25(2)10-11-26/h4-6,9,12-14H,3,7-8,10-11H2,1-2H3. The van der Waals surface area contributed by atoms with Crippen molar-refractivity contribution < 1.29 is 4.42 Å². The van der Waals surface area contributed by atoms with Gasteiger partial charge in [-0.1, -0.05) is 0 Å². The molecular formula is C22H23N5O2. The number of rotatable bonds is 2. The molecule has 0 unspecified atom stereocenters. The van der Waals surface area contributed by atoms with Gasteiger partial charge in [0.15, 0.2) is 0 Å². The Morgan fingerprint density at radius 1 is 1.03 bits per heavy atom. The predicted molar refractivity (Wildman–Crippen MR) is 114 cm³/mol. The molecule has 1 aliphatic rings. The summed E-state index contributed by atoms with van der Waals surface area (Å²) in [6.07, 6.45) is 4.88. The van der Waals surface area contributed by atoms with E-state index in [1.54, 1.807) is 0 Å². The lowest BCUT2D eigenvalue weighted by Crippen LogP contribution is -2.29. The van der Waals surface area contributed by atoms with Gasteiger partial charge in [0.25, 0.3) is 0 Å². The second kappa shape index (κ2) is 7.00. The minimum atomic E-state index is -0.419. The Labute approximate surface area is 168 Å². The van der Waals surface area contributed by atoms with Gasteiger partial charge in [-0.3, -0.25) is 0 Å². The zero-order valence-electron chi connectivity index (χ0n) is 16.6. The van der Waals surface area contributed by atoms with Crippen LogP contribution in [0.25, 0.3) is 28.0 Å². The van der Waals surface area contributed by atoms with E-state index in [9.17, 15) is 4.79 Å². The minimum Gasteiger partial charge on any atom is -0.403 e. The molecule has 0 aliphatic carbocycles. The van der Waals surface area contributed by atoms with E-state index in [2.05, 4.69) is 26.8 Å². The monoisotopic (exact) mass is 389 g/mol. The highest BCUT2D eigenvalue weighted by Gasteiger charge is 2.16. The quantitative estimate of drug-likeness (QED) is 0.525. The highest BCUT2D eigenvalue weighted by atomic mass is 16.4. The first-order chi connectivity index (χ1) is 14.1. The van der Waals surface area contributed by atoms with Crippen molar-refractivity contribution >= 4 is 22.6 Å². The Bertz CT molecular complexity index is 1260. The number of hydrogen-bond donors (Lipinski definition) is 0. The molecule has 0 N–H and O–H groups in total. The summed E-state index contributed by atoms with van der Waals surface area (Å²) in [4.78, 5) is 26.5. The van der Waals surface area contributed by atoms with E-state index in [1.807, 2.05) is 54.0 Å². The van der Waals surface area contributed by atoms with Crippen molar-refractivity contribution in [3.8, 4) is 11.3 Å². The number of hydrogen-bond acceptors (Lipinski definition) is 6. The van der Waals surface area contributed by atoms with Crippen molar-refractivity contribution in [3.63, 3.8) is 0 Å². The first-order valence-corrected chi connectivity index (χ1v) is 9.91. The molecule has 0 bridgehead atoms. The molecule has 1 aliphatic heterocycles. The van der Waals surface area contributed by atoms with Crippen LogP contribution >= 0.6 is 0 Å². The van der Waals surface area contributed by atoms with Crippen molar-refractivity contribution in [2.24, 2.45) is 0 Å². The largest absolute Gasteiger partial charge is 0.403 e. The van der Waals surface area contributed by atoms with E-state index in [-0.39, 0.29) is 0 Å². The van der Waals surface area contributed by atoms with Crippen LogP contribution in [0.15, 0.2) is 51.9 Å². The number of nitrogens with zero attached hydrogens (tertiary/aromatic N) is 5. The van der Waals surface area contributed by atoms with Crippen LogP contribution in [0.4, 0.5) is 5.82 Å². The molecule has 4 aromatic rings. The van der Waals surface area contributed by atoms with E-state index in [0.29, 0.717) is 17.0 Å². The Hall–Kier alpha value is -3.19. The topological polar surface area (TPSA) is 66.9 Å². The third-order valence-corrected chi connectivity index (χ3v) is 5.52. The fourth-order valence-corrected chi connectivity index (χ4v) is 3.83. The Kier molecular flexibility index (Phi) is 4.32. The molecule has 0 radical (unpaired) electrons. The van der Waals surface area contributed by atoms with Gasteiger partial charge in [-0.25, -0.2) is 9.78 Å². The van der Waals surface area contributed by atoms with E-state index in [0.717, 1.165) is 55.0 Å². The van der Waals surface area contributed by atoms with Crippen LogP contribution in [0.2, 0.25) is 0 Å². The molecule has 7 heteroatoms. The molecule has 0 spiro atoms. The third kappa shape index (κ3) is 3.38. The molecule has 5 heterocycles. The maximum Gasteiger partial charge on any atom is 0.347 e. The lowest BCUT2D eigenvalue weighted by atomic mass is 10.2. The number of anilines is 1. The Balaban J connectivity index is 1.53. The van der Waals surface area contributed by atoms with Gasteiger partial charge in [0.1, 0.15) is 11.5 Å². The number of aromatic nitrogens is 3. The average Bonchev–Trinajstić information content (AvgIpc) is 2.99. The SMILES string of the molecule is Cc1ccn2cc(-c3cc4ccc(N5CCCN(C)CC5)nc4oc3=O)nc2c1. The summed E-state index contributed by atoms with van der Waals surface area (Å²) in [5.74, 6) is 0.854. The molecule has 0 saturated carbocycles. The lowest BCUT2D eigenvalue weighted by molar-refractivity contribution is 0.360. The molecule has 0 amide bonds. The lowest BCUT2D eigenvalue weighted by Gasteiger charge is -2.21. The molecule has 1 fully saturated rings. The molecule has 1 saturated heterocycles. The summed E-state index contributed by atoms with van der Waals surface area (Å²) in [5, 5.41) is 0.795. The van der Waals surface area contributed by atoms with Crippen LogP contribution in [0.3, 0.4) is 0 Å². The van der Waals surface area contributed by atoms with Crippen LogP contribution in [0, 0.1) is 6.92 Å². The molecule has 148 valence electrons. The van der Waals surface area contributed by atoms with E-state index >= 15 is 0 Å².